The number of rotatable bonds is 4. The molecule has 1 amide bonds. The molecule has 0 unspecified atom stereocenters. The van der Waals surface area contributed by atoms with Gasteiger partial charge in [-0.3, -0.25) is 9.48 Å². The summed E-state index contributed by atoms with van der Waals surface area (Å²) in [7, 11) is 0. The normalized spacial score (nSPS) is 10.3. The minimum atomic E-state index is -0.0381. The molecule has 0 bridgehead atoms. The molecule has 94 valence electrons. The van der Waals surface area contributed by atoms with Crippen molar-refractivity contribution in [3.05, 3.63) is 51.4 Å². The summed E-state index contributed by atoms with van der Waals surface area (Å²) >= 11 is 2.16. The molecule has 0 radical (unpaired) electrons. The van der Waals surface area contributed by atoms with E-state index in [1.807, 2.05) is 48.3 Å². The molecule has 0 aliphatic carbocycles. The molecule has 1 aromatic carbocycles. The highest BCUT2D eigenvalue weighted by Gasteiger charge is 2.07. The number of hydrogen-bond donors (Lipinski definition) is 1. The Morgan fingerprint density at radius 1 is 1.44 bits per heavy atom. The predicted octanol–water partition coefficient (Wildman–Crippen LogP) is 2.23. The second-order valence-corrected chi connectivity index (χ2v) is 5.18. The van der Waals surface area contributed by atoms with Gasteiger partial charge in [-0.25, -0.2) is 0 Å². The minimum absolute atomic E-state index is 0.0381. The van der Waals surface area contributed by atoms with Gasteiger partial charge in [-0.1, -0.05) is 12.1 Å². The van der Waals surface area contributed by atoms with Gasteiger partial charge < -0.3 is 5.32 Å². The summed E-state index contributed by atoms with van der Waals surface area (Å²) < 4.78 is 2.79. The van der Waals surface area contributed by atoms with E-state index in [0.717, 1.165) is 14.7 Å². The van der Waals surface area contributed by atoms with Gasteiger partial charge in [-0.2, -0.15) is 5.10 Å². The lowest BCUT2D eigenvalue weighted by atomic mass is 10.2. The van der Waals surface area contributed by atoms with Crippen LogP contribution in [0.3, 0.4) is 0 Å². The third-order valence-corrected chi connectivity index (χ3v) is 3.45. The van der Waals surface area contributed by atoms with Crippen LogP contribution in [0, 0.1) is 10.5 Å². The zero-order chi connectivity index (χ0) is 13.0. The van der Waals surface area contributed by atoms with Gasteiger partial charge in [0.05, 0.1) is 18.3 Å². The first kappa shape index (κ1) is 13.1. The largest absolute Gasteiger partial charge is 0.350 e. The number of halogens is 1. The highest BCUT2D eigenvalue weighted by atomic mass is 127. The van der Waals surface area contributed by atoms with Crippen LogP contribution in [0.5, 0.6) is 0 Å². The number of benzene rings is 1. The second-order valence-electron chi connectivity index (χ2n) is 4.02. The molecule has 2 rings (SSSR count). The van der Waals surface area contributed by atoms with E-state index < -0.39 is 0 Å². The Labute approximate surface area is 120 Å². The standard InChI is InChI=1S/C13H14IN3O/c1-10-8-16-17(9-10)7-6-15-13(18)11-4-2-3-5-12(11)14/h2-5,8-9H,6-7H2,1H3,(H,15,18). The zero-order valence-corrected chi connectivity index (χ0v) is 12.2. The van der Waals surface area contributed by atoms with Crippen molar-refractivity contribution in [3.8, 4) is 0 Å². The fourth-order valence-corrected chi connectivity index (χ4v) is 2.25. The Balaban J connectivity index is 1.87. The first-order chi connectivity index (χ1) is 8.66. The molecule has 0 aliphatic heterocycles. The van der Waals surface area contributed by atoms with Crippen LogP contribution in [-0.4, -0.2) is 22.2 Å². The van der Waals surface area contributed by atoms with Gasteiger partial charge in [0.2, 0.25) is 0 Å². The average Bonchev–Trinajstić information content (AvgIpc) is 2.75. The number of aryl methyl sites for hydroxylation is 1. The van der Waals surface area contributed by atoms with Crippen molar-refractivity contribution in [3.63, 3.8) is 0 Å². The zero-order valence-electron chi connectivity index (χ0n) is 10.1. The van der Waals surface area contributed by atoms with Crippen molar-refractivity contribution >= 4 is 28.5 Å². The molecule has 1 heterocycles. The number of nitrogens with one attached hydrogen (secondary N) is 1. The van der Waals surface area contributed by atoms with Crippen molar-refractivity contribution in [2.24, 2.45) is 0 Å². The molecule has 0 saturated heterocycles. The summed E-state index contributed by atoms with van der Waals surface area (Å²) in [6.45, 7) is 3.25. The van der Waals surface area contributed by atoms with Crippen LogP contribution in [0.15, 0.2) is 36.7 Å². The fraction of sp³-hybridized carbons (Fsp3) is 0.231. The quantitative estimate of drug-likeness (QED) is 0.855. The van der Waals surface area contributed by atoms with E-state index in [1.54, 1.807) is 0 Å². The summed E-state index contributed by atoms with van der Waals surface area (Å²) in [4.78, 5) is 11.9. The lowest BCUT2D eigenvalue weighted by Crippen LogP contribution is -2.27. The van der Waals surface area contributed by atoms with Crippen LogP contribution >= 0.6 is 22.6 Å². The third kappa shape index (κ3) is 3.32. The summed E-state index contributed by atoms with van der Waals surface area (Å²) in [5.41, 5.74) is 1.84. The molecule has 4 nitrogen and oxygen atoms in total. The fourth-order valence-electron chi connectivity index (χ4n) is 1.61. The molecular weight excluding hydrogens is 341 g/mol. The van der Waals surface area contributed by atoms with E-state index in [-0.39, 0.29) is 5.91 Å². The maximum atomic E-state index is 11.9. The first-order valence-corrected chi connectivity index (χ1v) is 6.76. The van der Waals surface area contributed by atoms with Crippen LogP contribution < -0.4 is 5.32 Å². The van der Waals surface area contributed by atoms with Gasteiger partial charge in [0.1, 0.15) is 0 Å². The Kier molecular flexibility index (Phi) is 4.35. The number of carbonyl (C=O) groups excluding carboxylic acids is 1. The van der Waals surface area contributed by atoms with E-state index in [4.69, 9.17) is 0 Å². The van der Waals surface area contributed by atoms with Crippen molar-refractivity contribution in [2.45, 2.75) is 13.5 Å². The molecule has 0 atom stereocenters. The number of aromatic nitrogens is 2. The highest BCUT2D eigenvalue weighted by Crippen LogP contribution is 2.10. The number of amides is 1. The molecule has 2 aromatic rings. The topological polar surface area (TPSA) is 46.9 Å². The number of hydrogen-bond acceptors (Lipinski definition) is 2. The van der Waals surface area contributed by atoms with Crippen molar-refractivity contribution in [1.29, 1.82) is 0 Å². The summed E-state index contributed by atoms with van der Waals surface area (Å²) in [6, 6.07) is 7.54. The van der Waals surface area contributed by atoms with E-state index in [2.05, 4.69) is 33.0 Å². The molecule has 0 fully saturated rings. The molecule has 1 N–H and O–H groups in total. The number of nitrogens with zero attached hydrogens (tertiary/aromatic N) is 2. The minimum Gasteiger partial charge on any atom is -0.350 e. The van der Waals surface area contributed by atoms with Crippen LogP contribution in [0.25, 0.3) is 0 Å². The third-order valence-electron chi connectivity index (χ3n) is 2.51. The van der Waals surface area contributed by atoms with E-state index in [0.29, 0.717) is 13.1 Å². The van der Waals surface area contributed by atoms with Crippen LogP contribution in [0.1, 0.15) is 15.9 Å². The van der Waals surface area contributed by atoms with Gasteiger partial charge in [-0.05, 0) is 47.2 Å². The Morgan fingerprint density at radius 2 is 2.22 bits per heavy atom. The van der Waals surface area contributed by atoms with E-state index in [1.165, 1.54) is 0 Å². The maximum Gasteiger partial charge on any atom is 0.252 e. The lowest BCUT2D eigenvalue weighted by Gasteiger charge is -2.06. The van der Waals surface area contributed by atoms with Crippen LogP contribution in [0.4, 0.5) is 0 Å². The molecule has 0 spiro atoms. The SMILES string of the molecule is Cc1cnn(CCNC(=O)c2ccccc2I)c1. The number of carbonyl (C=O) groups is 1. The van der Waals surface area contributed by atoms with Gasteiger partial charge in [0, 0.05) is 16.3 Å². The van der Waals surface area contributed by atoms with Gasteiger partial charge in [0.25, 0.3) is 5.91 Å². The highest BCUT2D eigenvalue weighted by molar-refractivity contribution is 14.1. The van der Waals surface area contributed by atoms with Gasteiger partial charge >= 0.3 is 0 Å². The van der Waals surface area contributed by atoms with Crippen molar-refractivity contribution < 1.29 is 4.79 Å². The van der Waals surface area contributed by atoms with Crippen LogP contribution in [-0.2, 0) is 6.54 Å². The molecule has 0 saturated carbocycles. The average molecular weight is 355 g/mol. The van der Waals surface area contributed by atoms with E-state index >= 15 is 0 Å². The van der Waals surface area contributed by atoms with Gasteiger partial charge in [0.15, 0.2) is 0 Å². The Bertz CT molecular complexity index is 551. The Hall–Kier alpha value is -1.37. The molecule has 0 aliphatic rings. The maximum absolute atomic E-state index is 11.9. The van der Waals surface area contributed by atoms with Gasteiger partial charge in [-0.15, -0.1) is 0 Å². The molecular formula is C13H14IN3O. The van der Waals surface area contributed by atoms with Crippen LogP contribution in [0.2, 0.25) is 0 Å². The monoisotopic (exact) mass is 355 g/mol. The summed E-state index contributed by atoms with van der Waals surface area (Å²) in [5.74, 6) is -0.0381. The molecule has 18 heavy (non-hydrogen) atoms. The van der Waals surface area contributed by atoms with E-state index in [9.17, 15) is 4.79 Å². The smallest absolute Gasteiger partial charge is 0.252 e. The lowest BCUT2D eigenvalue weighted by molar-refractivity contribution is 0.0951. The predicted molar refractivity (Wildman–Crippen MR) is 78.5 cm³/mol. The van der Waals surface area contributed by atoms with Crippen molar-refractivity contribution in [2.75, 3.05) is 6.54 Å². The Morgan fingerprint density at radius 3 is 2.89 bits per heavy atom. The first-order valence-electron chi connectivity index (χ1n) is 5.68. The molecule has 1 aromatic heterocycles. The second kappa shape index (κ2) is 5.99. The van der Waals surface area contributed by atoms with Crippen molar-refractivity contribution in [1.82, 2.24) is 15.1 Å². The molecule has 5 heteroatoms. The summed E-state index contributed by atoms with van der Waals surface area (Å²) in [6.07, 6.45) is 3.76. The summed E-state index contributed by atoms with van der Waals surface area (Å²) in [5, 5.41) is 7.06.